The maximum absolute atomic E-state index is 11.9. The number of aromatic nitrogens is 5. The summed E-state index contributed by atoms with van der Waals surface area (Å²) in [5.41, 5.74) is 2.85. The van der Waals surface area contributed by atoms with Gasteiger partial charge in [0.05, 0.1) is 5.92 Å². The molecule has 0 spiro atoms. The minimum atomic E-state index is -0.864. The van der Waals surface area contributed by atoms with E-state index in [9.17, 15) is 15.0 Å². The van der Waals surface area contributed by atoms with Crippen molar-refractivity contribution < 1.29 is 15.0 Å². The van der Waals surface area contributed by atoms with E-state index >= 15 is 0 Å². The number of H-pyrrole nitrogens is 1. The number of aliphatic carboxylic acids is 1. The average Bonchev–Trinajstić information content (AvgIpc) is 3.29. The maximum Gasteiger partial charge on any atom is 0.307 e. The molecular weight excluding hydrogens is 396 g/mol. The van der Waals surface area contributed by atoms with Crippen molar-refractivity contribution in [2.45, 2.75) is 37.7 Å². The summed E-state index contributed by atoms with van der Waals surface area (Å²) >= 11 is 0. The van der Waals surface area contributed by atoms with Gasteiger partial charge < -0.3 is 15.5 Å². The van der Waals surface area contributed by atoms with E-state index < -0.39 is 23.4 Å². The van der Waals surface area contributed by atoms with E-state index in [0.717, 1.165) is 28.8 Å². The quantitative estimate of drug-likeness (QED) is 0.410. The van der Waals surface area contributed by atoms with E-state index in [1.165, 1.54) is 0 Å². The summed E-state index contributed by atoms with van der Waals surface area (Å²) in [7, 11) is 0. The molecule has 4 rings (SSSR count). The van der Waals surface area contributed by atoms with Crippen molar-refractivity contribution in [1.82, 2.24) is 30.9 Å². The molecule has 0 saturated carbocycles. The molecule has 2 unspecified atom stereocenters. The summed E-state index contributed by atoms with van der Waals surface area (Å²) in [6.07, 6.45) is 3.47. The van der Waals surface area contributed by atoms with Crippen LogP contribution >= 0.6 is 0 Å². The number of aromatic amines is 1. The average molecular weight is 422 g/mol. The number of pyridine rings is 1. The molecular formula is C22H26N6O3. The zero-order valence-electron chi connectivity index (χ0n) is 17.3. The second-order valence-corrected chi connectivity index (χ2v) is 8.06. The van der Waals surface area contributed by atoms with Crippen LogP contribution in [0.25, 0.3) is 11.1 Å². The van der Waals surface area contributed by atoms with Crippen LogP contribution < -0.4 is 5.32 Å². The molecule has 9 nitrogen and oxygen atoms in total. The van der Waals surface area contributed by atoms with Crippen LogP contribution in [-0.4, -0.2) is 54.9 Å². The SMILES string of the molecule is CCCC(C(=O)O)C(Cc1ccc(-c2ccc(C3(O)CNC3)cc2)cn1)c1nn[nH]n1. The summed E-state index contributed by atoms with van der Waals surface area (Å²) in [5, 5.41) is 37.3. The first-order chi connectivity index (χ1) is 15.0. The fourth-order valence-corrected chi connectivity index (χ4v) is 4.03. The first kappa shape index (κ1) is 21.1. The lowest BCUT2D eigenvalue weighted by Gasteiger charge is -2.38. The lowest BCUT2D eigenvalue weighted by molar-refractivity contribution is -0.143. The number of rotatable bonds is 9. The predicted octanol–water partition coefficient (Wildman–Crippen LogP) is 1.88. The Morgan fingerprint density at radius 1 is 1.16 bits per heavy atom. The fraction of sp³-hybridized carbons (Fsp3) is 0.409. The number of β-amino-alcohol motifs (C(OH)–C–C–N with tert-alkyl or cyclic N) is 1. The second kappa shape index (κ2) is 8.91. The summed E-state index contributed by atoms with van der Waals surface area (Å²) in [6, 6.07) is 11.7. The third-order valence-electron chi connectivity index (χ3n) is 5.94. The number of aliphatic hydroxyl groups is 1. The van der Waals surface area contributed by atoms with Crippen molar-refractivity contribution in [3.05, 3.63) is 59.7 Å². The highest BCUT2D eigenvalue weighted by molar-refractivity contribution is 5.71. The van der Waals surface area contributed by atoms with Gasteiger partial charge in [-0.15, -0.1) is 10.2 Å². The van der Waals surface area contributed by atoms with Gasteiger partial charge in [-0.25, -0.2) is 0 Å². The minimum Gasteiger partial charge on any atom is -0.481 e. The van der Waals surface area contributed by atoms with Crippen molar-refractivity contribution in [1.29, 1.82) is 0 Å². The zero-order chi connectivity index (χ0) is 21.8. The highest BCUT2D eigenvalue weighted by Crippen LogP contribution is 2.31. The van der Waals surface area contributed by atoms with Gasteiger partial charge in [-0.1, -0.05) is 48.9 Å². The zero-order valence-corrected chi connectivity index (χ0v) is 17.3. The molecule has 1 aliphatic heterocycles. The number of tetrazole rings is 1. The molecule has 1 saturated heterocycles. The van der Waals surface area contributed by atoms with Crippen LogP contribution in [0.2, 0.25) is 0 Å². The van der Waals surface area contributed by atoms with E-state index in [0.29, 0.717) is 31.8 Å². The first-order valence-electron chi connectivity index (χ1n) is 10.5. The molecule has 0 bridgehead atoms. The largest absolute Gasteiger partial charge is 0.481 e. The van der Waals surface area contributed by atoms with Crippen molar-refractivity contribution in [2.75, 3.05) is 13.1 Å². The van der Waals surface area contributed by atoms with Gasteiger partial charge in [-0.3, -0.25) is 9.78 Å². The van der Waals surface area contributed by atoms with E-state index in [4.69, 9.17) is 0 Å². The Labute approximate surface area is 179 Å². The summed E-state index contributed by atoms with van der Waals surface area (Å²) < 4.78 is 0. The van der Waals surface area contributed by atoms with E-state index in [1.54, 1.807) is 6.20 Å². The van der Waals surface area contributed by atoms with Crippen LogP contribution in [0.15, 0.2) is 42.6 Å². The molecule has 162 valence electrons. The summed E-state index contributed by atoms with van der Waals surface area (Å²) in [6.45, 7) is 3.10. The standard InChI is InChI=1S/C22H26N6O3/c1-2-3-18(21(29)30)19(20-25-27-28-26-20)10-17-9-6-15(11-24-17)14-4-7-16(8-5-14)22(31)12-23-13-22/h4-9,11,18-19,23,31H,2-3,10,12-13H2,1H3,(H,29,30)(H,25,26,27,28). The van der Waals surface area contributed by atoms with Gasteiger partial charge in [0.1, 0.15) is 5.60 Å². The molecule has 3 heterocycles. The molecule has 2 aromatic heterocycles. The van der Waals surface area contributed by atoms with Crippen molar-refractivity contribution >= 4 is 5.97 Å². The highest BCUT2D eigenvalue weighted by atomic mass is 16.4. The maximum atomic E-state index is 11.9. The molecule has 9 heteroatoms. The topological polar surface area (TPSA) is 137 Å². The Morgan fingerprint density at radius 2 is 1.90 bits per heavy atom. The van der Waals surface area contributed by atoms with Crippen LogP contribution in [0.3, 0.4) is 0 Å². The van der Waals surface area contributed by atoms with Gasteiger partial charge in [-0.05, 0) is 23.6 Å². The molecule has 0 aliphatic carbocycles. The third kappa shape index (κ3) is 4.47. The summed E-state index contributed by atoms with van der Waals surface area (Å²) in [4.78, 5) is 16.4. The predicted molar refractivity (Wildman–Crippen MR) is 113 cm³/mol. The number of carboxylic acid groups (broad SMARTS) is 1. The van der Waals surface area contributed by atoms with Crippen LogP contribution in [0.4, 0.5) is 0 Å². The van der Waals surface area contributed by atoms with Gasteiger partial charge >= 0.3 is 5.97 Å². The Hall–Kier alpha value is -3.17. The van der Waals surface area contributed by atoms with Gasteiger partial charge in [0.15, 0.2) is 5.82 Å². The number of nitrogens with zero attached hydrogens (tertiary/aromatic N) is 4. The smallest absolute Gasteiger partial charge is 0.307 e. The van der Waals surface area contributed by atoms with Crippen LogP contribution in [0, 0.1) is 5.92 Å². The number of carbonyl (C=O) groups is 1. The van der Waals surface area contributed by atoms with Gasteiger partial charge in [0.2, 0.25) is 0 Å². The third-order valence-corrected chi connectivity index (χ3v) is 5.94. The second-order valence-electron chi connectivity index (χ2n) is 8.06. The van der Waals surface area contributed by atoms with Crippen LogP contribution in [0.5, 0.6) is 0 Å². The fourth-order valence-electron chi connectivity index (χ4n) is 4.03. The summed E-state index contributed by atoms with van der Waals surface area (Å²) in [5.74, 6) is -1.49. The van der Waals surface area contributed by atoms with Gasteiger partial charge in [0, 0.05) is 42.9 Å². The molecule has 1 aromatic carbocycles. The number of benzene rings is 1. The molecule has 1 fully saturated rings. The molecule has 4 N–H and O–H groups in total. The van der Waals surface area contributed by atoms with Gasteiger partial charge in [0.25, 0.3) is 0 Å². The van der Waals surface area contributed by atoms with Crippen LogP contribution in [-0.2, 0) is 16.8 Å². The Bertz CT molecular complexity index is 1000. The molecule has 0 amide bonds. The molecule has 31 heavy (non-hydrogen) atoms. The first-order valence-corrected chi connectivity index (χ1v) is 10.5. The molecule has 3 aromatic rings. The van der Waals surface area contributed by atoms with Crippen molar-refractivity contribution in [2.24, 2.45) is 5.92 Å². The van der Waals surface area contributed by atoms with E-state index in [-0.39, 0.29) is 0 Å². The Morgan fingerprint density at radius 3 is 2.42 bits per heavy atom. The Kier molecular flexibility index (Phi) is 6.06. The number of hydrogen-bond acceptors (Lipinski definition) is 7. The molecule has 0 radical (unpaired) electrons. The van der Waals surface area contributed by atoms with Crippen molar-refractivity contribution in [3.63, 3.8) is 0 Å². The minimum absolute atomic E-state index is 0.394. The van der Waals surface area contributed by atoms with Crippen LogP contribution in [0.1, 0.15) is 42.8 Å². The number of carboxylic acids is 1. The van der Waals surface area contributed by atoms with E-state index in [1.807, 2.05) is 43.3 Å². The molecule has 2 atom stereocenters. The lowest BCUT2D eigenvalue weighted by Crippen LogP contribution is -2.56. The molecule has 1 aliphatic rings. The van der Waals surface area contributed by atoms with Gasteiger partial charge in [-0.2, -0.15) is 5.21 Å². The highest BCUT2D eigenvalue weighted by Gasteiger charge is 2.36. The van der Waals surface area contributed by atoms with E-state index in [2.05, 4.69) is 30.9 Å². The van der Waals surface area contributed by atoms with Crippen molar-refractivity contribution in [3.8, 4) is 11.1 Å². The monoisotopic (exact) mass is 422 g/mol. The Balaban J connectivity index is 1.52. The number of hydrogen-bond donors (Lipinski definition) is 4. The number of nitrogens with one attached hydrogen (secondary N) is 2. The lowest BCUT2D eigenvalue weighted by atomic mass is 9.84. The normalized spacial score (nSPS) is 17.0.